The molecule has 0 spiro atoms. The largest absolute Gasteiger partial charge is 0.352 e. The summed E-state index contributed by atoms with van der Waals surface area (Å²) in [6, 6.07) is 15.0. The summed E-state index contributed by atoms with van der Waals surface area (Å²) in [6.07, 6.45) is 7.67. The fourth-order valence-corrected chi connectivity index (χ4v) is 7.65. The molecule has 0 aliphatic heterocycles. The zero-order chi connectivity index (χ0) is 21.9. The molecule has 6 heteroatoms. The normalized spacial score (nSPS) is 31.5. The van der Waals surface area contributed by atoms with Crippen LogP contribution in [0.2, 0.25) is 5.02 Å². The summed E-state index contributed by atoms with van der Waals surface area (Å²) in [5.41, 5.74) is 2.04. The Hall–Kier alpha value is -1.85. The Morgan fingerprint density at radius 2 is 1.61 bits per heavy atom. The van der Waals surface area contributed by atoms with Crippen molar-refractivity contribution >= 4 is 27.3 Å². The van der Waals surface area contributed by atoms with Crippen molar-refractivity contribution in [3.8, 4) is 0 Å². The van der Waals surface area contributed by atoms with Crippen molar-refractivity contribution < 1.29 is 13.2 Å². The molecule has 31 heavy (non-hydrogen) atoms. The number of hydrogen-bond donors (Lipinski definition) is 1. The second-order valence-corrected chi connectivity index (χ2v) is 12.6. The molecule has 1 amide bonds. The molecule has 2 aromatic rings. The predicted octanol–water partition coefficient (Wildman–Crippen LogP) is 4.90. The third kappa shape index (κ3) is 3.80. The van der Waals surface area contributed by atoms with Gasteiger partial charge in [-0.1, -0.05) is 35.9 Å². The molecule has 0 heterocycles. The monoisotopic (exact) mass is 457 g/mol. The highest BCUT2D eigenvalue weighted by molar-refractivity contribution is 7.90. The van der Waals surface area contributed by atoms with Crippen LogP contribution in [0.25, 0.3) is 0 Å². The lowest BCUT2D eigenvalue weighted by Crippen LogP contribution is -2.59. The smallest absolute Gasteiger partial charge is 0.226 e. The van der Waals surface area contributed by atoms with E-state index in [-0.39, 0.29) is 16.7 Å². The molecule has 4 aliphatic carbocycles. The number of carbonyl (C=O) groups is 1. The van der Waals surface area contributed by atoms with Crippen LogP contribution in [0.3, 0.4) is 0 Å². The SMILES string of the molecule is CS(=O)(=O)c1ccc(CNC(=O)C23CC4CC(C2)CC(c2ccc(Cl)cc2)(C4)C3)cc1. The Kier molecular flexibility index (Phi) is 4.98. The first-order valence-corrected chi connectivity index (χ1v) is 13.3. The van der Waals surface area contributed by atoms with Gasteiger partial charge in [0.15, 0.2) is 9.84 Å². The molecule has 6 rings (SSSR count). The summed E-state index contributed by atoms with van der Waals surface area (Å²) in [5.74, 6) is 1.38. The molecule has 4 nitrogen and oxygen atoms in total. The minimum absolute atomic E-state index is 0.0865. The molecular formula is C25H28ClNO3S. The molecule has 4 fully saturated rings. The van der Waals surface area contributed by atoms with E-state index in [1.807, 2.05) is 12.1 Å². The minimum atomic E-state index is -3.21. The van der Waals surface area contributed by atoms with E-state index < -0.39 is 9.84 Å². The predicted molar refractivity (Wildman–Crippen MR) is 122 cm³/mol. The second-order valence-electron chi connectivity index (χ2n) is 10.1. The van der Waals surface area contributed by atoms with Gasteiger partial charge in [0.25, 0.3) is 0 Å². The molecule has 4 aliphatic rings. The molecule has 0 aromatic heterocycles. The molecule has 0 radical (unpaired) electrons. The van der Waals surface area contributed by atoms with Gasteiger partial charge in [0.1, 0.15) is 0 Å². The van der Waals surface area contributed by atoms with Crippen molar-refractivity contribution in [3.63, 3.8) is 0 Å². The summed E-state index contributed by atoms with van der Waals surface area (Å²) in [5, 5.41) is 3.94. The van der Waals surface area contributed by atoms with Gasteiger partial charge in [-0.15, -0.1) is 0 Å². The van der Waals surface area contributed by atoms with E-state index in [0.717, 1.165) is 29.8 Å². The maximum atomic E-state index is 13.5. The Morgan fingerprint density at radius 1 is 1.00 bits per heavy atom. The van der Waals surface area contributed by atoms with Crippen LogP contribution in [-0.4, -0.2) is 20.6 Å². The molecule has 0 saturated heterocycles. The van der Waals surface area contributed by atoms with Gasteiger partial charge in [-0.25, -0.2) is 8.42 Å². The van der Waals surface area contributed by atoms with Crippen LogP contribution in [0.15, 0.2) is 53.4 Å². The van der Waals surface area contributed by atoms with Crippen LogP contribution in [0.1, 0.15) is 49.7 Å². The third-order valence-corrected chi connectivity index (χ3v) is 9.18. The minimum Gasteiger partial charge on any atom is -0.352 e. The van der Waals surface area contributed by atoms with E-state index in [1.54, 1.807) is 24.3 Å². The number of hydrogen-bond acceptors (Lipinski definition) is 3. The van der Waals surface area contributed by atoms with E-state index in [1.165, 1.54) is 31.1 Å². The molecule has 2 aromatic carbocycles. The van der Waals surface area contributed by atoms with Gasteiger partial charge >= 0.3 is 0 Å². The standard InChI is InChI=1S/C25H28ClNO3S/c1-31(29,30)22-8-2-17(3-9-22)15-27-23(28)25-13-18-10-19(14-25)12-24(11-18,16-25)20-4-6-21(26)7-5-20/h2-9,18-19H,10-16H2,1H3,(H,27,28). The maximum absolute atomic E-state index is 13.5. The van der Waals surface area contributed by atoms with Crippen LogP contribution in [-0.2, 0) is 26.6 Å². The van der Waals surface area contributed by atoms with Gasteiger partial charge in [0.2, 0.25) is 5.91 Å². The van der Waals surface area contributed by atoms with Crippen molar-refractivity contribution in [1.82, 2.24) is 5.32 Å². The van der Waals surface area contributed by atoms with Crippen molar-refractivity contribution in [2.45, 2.75) is 55.4 Å². The second kappa shape index (κ2) is 7.35. The average Bonchev–Trinajstić information content (AvgIpc) is 2.71. The van der Waals surface area contributed by atoms with Crippen LogP contribution in [0, 0.1) is 17.3 Å². The zero-order valence-corrected chi connectivity index (χ0v) is 19.3. The summed E-state index contributed by atoms with van der Waals surface area (Å²) in [6.45, 7) is 0.425. The summed E-state index contributed by atoms with van der Waals surface area (Å²) in [7, 11) is -3.21. The van der Waals surface area contributed by atoms with Crippen molar-refractivity contribution in [2.75, 3.05) is 6.26 Å². The lowest BCUT2D eigenvalue weighted by atomic mass is 9.42. The van der Waals surface area contributed by atoms with Crippen LogP contribution >= 0.6 is 11.6 Å². The number of benzene rings is 2. The Bertz CT molecular complexity index is 1090. The van der Waals surface area contributed by atoms with Crippen LogP contribution in [0.5, 0.6) is 0 Å². The van der Waals surface area contributed by atoms with Gasteiger partial charge in [-0.3, -0.25) is 4.79 Å². The first-order valence-electron chi connectivity index (χ1n) is 11.0. The molecule has 1 N–H and O–H groups in total. The van der Waals surface area contributed by atoms with Gasteiger partial charge in [-0.2, -0.15) is 0 Å². The lowest BCUT2D eigenvalue weighted by Gasteiger charge is -2.61. The van der Waals surface area contributed by atoms with E-state index in [2.05, 4.69) is 17.4 Å². The quantitative estimate of drug-likeness (QED) is 0.694. The first kappa shape index (κ1) is 21.0. The summed E-state index contributed by atoms with van der Waals surface area (Å²) < 4.78 is 23.3. The van der Waals surface area contributed by atoms with E-state index >= 15 is 0 Å². The third-order valence-electron chi connectivity index (χ3n) is 7.80. The van der Waals surface area contributed by atoms with Crippen molar-refractivity contribution in [2.24, 2.45) is 17.3 Å². The van der Waals surface area contributed by atoms with E-state index in [4.69, 9.17) is 11.6 Å². The topological polar surface area (TPSA) is 63.2 Å². The molecular weight excluding hydrogens is 430 g/mol. The molecule has 2 unspecified atom stereocenters. The van der Waals surface area contributed by atoms with Gasteiger partial charge in [0.05, 0.1) is 10.3 Å². The number of halogens is 1. The molecule has 4 bridgehead atoms. The van der Waals surface area contributed by atoms with Crippen LogP contribution < -0.4 is 5.32 Å². The molecule has 164 valence electrons. The highest BCUT2D eigenvalue weighted by Gasteiger charge is 2.60. The fraction of sp³-hybridized carbons (Fsp3) is 0.480. The van der Waals surface area contributed by atoms with Gasteiger partial charge < -0.3 is 5.32 Å². The number of amides is 1. The Labute approximate surface area is 189 Å². The lowest BCUT2D eigenvalue weighted by molar-refractivity contribution is -0.149. The number of rotatable bonds is 5. The van der Waals surface area contributed by atoms with Crippen molar-refractivity contribution in [3.05, 3.63) is 64.7 Å². The first-order chi connectivity index (χ1) is 14.7. The zero-order valence-electron chi connectivity index (χ0n) is 17.7. The highest BCUT2D eigenvalue weighted by Crippen LogP contribution is 2.65. The Balaban J connectivity index is 1.35. The van der Waals surface area contributed by atoms with E-state index in [0.29, 0.717) is 23.3 Å². The van der Waals surface area contributed by atoms with Crippen molar-refractivity contribution in [1.29, 1.82) is 0 Å². The van der Waals surface area contributed by atoms with E-state index in [9.17, 15) is 13.2 Å². The average molecular weight is 458 g/mol. The van der Waals surface area contributed by atoms with Crippen LogP contribution in [0.4, 0.5) is 0 Å². The number of nitrogens with one attached hydrogen (secondary N) is 1. The maximum Gasteiger partial charge on any atom is 0.226 e. The number of sulfone groups is 1. The number of carbonyl (C=O) groups excluding carboxylic acids is 1. The van der Waals surface area contributed by atoms with Gasteiger partial charge in [0, 0.05) is 17.8 Å². The summed E-state index contributed by atoms with van der Waals surface area (Å²) >= 11 is 6.13. The molecule has 2 atom stereocenters. The fourth-order valence-electron chi connectivity index (χ4n) is 6.89. The highest BCUT2D eigenvalue weighted by atomic mass is 35.5. The molecule has 4 saturated carbocycles. The Morgan fingerprint density at radius 3 is 2.19 bits per heavy atom. The summed E-state index contributed by atoms with van der Waals surface area (Å²) in [4.78, 5) is 13.8. The van der Waals surface area contributed by atoms with Gasteiger partial charge in [-0.05, 0) is 91.2 Å².